The van der Waals surface area contributed by atoms with Crippen molar-refractivity contribution >= 4 is 46.2 Å². The van der Waals surface area contributed by atoms with Crippen LogP contribution in [0.5, 0.6) is 0 Å². The maximum atomic E-state index is 12.2. The predicted molar refractivity (Wildman–Crippen MR) is 110 cm³/mol. The standard InChI is InChI=1S/C18H16ClN5O6/c1-10-3-5-13(23(27)28)9-15(10)20-17(25)7-11(2)21-22-18(26)12-4-6-16(24(29)30)14(19)8-12/h3-6,8-9H,7H2,1-2H3,(H,20,25)(H,22,26). The Kier molecular flexibility index (Phi) is 7.15. The van der Waals surface area contributed by atoms with Crippen molar-refractivity contribution in [3.05, 3.63) is 72.8 Å². The van der Waals surface area contributed by atoms with Gasteiger partial charge in [0.05, 0.1) is 22.0 Å². The summed E-state index contributed by atoms with van der Waals surface area (Å²) in [5, 5.41) is 27.8. The van der Waals surface area contributed by atoms with Gasteiger partial charge in [-0.15, -0.1) is 0 Å². The van der Waals surface area contributed by atoms with Gasteiger partial charge < -0.3 is 5.32 Å². The van der Waals surface area contributed by atoms with Gasteiger partial charge in [-0.05, 0) is 31.5 Å². The van der Waals surface area contributed by atoms with Crippen LogP contribution in [0, 0.1) is 27.2 Å². The summed E-state index contributed by atoms with van der Waals surface area (Å²) in [6.07, 6.45) is -0.177. The number of non-ortho nitro benzene ring substituents is 1. The number of carbonyl (C=O) groups excluding carboxylic acids is 2. The summed E-state index contributed by atoms with van der Waals surface area (Å²) >= 11 is 5.77. The molecule has 0 aliphatic heterocycles. The minimum atomic E-state index is -0.673. The van der Waals surface area contributed by atoms with Crippen LogP contribution in [0.15, 0.2) is 41.5 Å². The lowest BCUT2D eigenvalue weighted by atomic mass is 10.1. The Morgan fingerprint density at radius 2 is 1.80 bits per heavy atom. The van der Waals surface area contributed by atoms with Gasteiger partial charge in [0.25, 0.3) is 17.3 Å². The molecule has 0 bridgehead atoms. The summed E-state index contributed by atoms with van der Waals surface area (Å²) in [6, 6.07) is 7.56. The number of halogens is 1. The van der Waals surface area contributed by atoms with Crippen molar-refractivity contribution in [3.63, 3.8) is 0 Å². The highest BCUT2D eigenvalue weighted by Crippen LogP contribution is 2.25. The normalized spacial score (nSPS) is 11.0. The van der Waals surface area contributed by atoms with E-state index in [1.54, 1.807) is 6.92 Å². The van der Waals surface area contributed by atoms with Crippen LogP contribution in [0.3, 0.4) is 0 Å². The van der Waals surface area contributed by atoms with Crippen molar-refractivity contribution in [1.29, 1.82) is 0 Å². The topological polar surface area (TPSA) is 157 Å². The van der Waals surface area contributed by atoms with Crippen LogP contribution in [0.1, 0.15) is 29.3 Å². The molecule has 0 aliphatic rings. The number of nitro benzene ring substituents is 2. The third kappa shape index (κ3) is 5.82. The van der Waals surface area contributed by atoms with Crippen LogP contribution >= 0.6 is 11.6 Å². The summed E-state index contributed by atoms with van der Waals surface area (Å²) in [7, 11) is 0. The highest BCUT2D eigenvalue weighted by Gasteiger charge is 2.16. The van der Waals surface area contributed by atoms with Crippen LogP contribution in [0.4, 0.5) is 17.1 Å². The van der Waals surface area contributed by atoms with E-state index < -0.39 is 21.7 Å². The lowest BCUT2D eigenvalue weighted by molar-refractivity contribution is -0.384. The average Bonchev–Trinajstić information content (AvgIpc) is 2.67. The molecule has 0 saturated heterocycles. The van der Waals surface area contributed by atoms with E-state index in [0.29, 0.717) is 11.3 Å². The van der Waals surface area contributed by atoms with E-state index in [2.05, 4.69) is 15.8 Å². The van der Waals surface area contributed by atoms with Gasteiger partial charge in [0, 0.05) is 29.5 Å². The fourth-order valence-electron chi connectivity index (χ4n) is 2.33. The van der Waals surface area contributed by atoms with E-state index in [9.17, 15) is 29.8 Å². The lowest BCUT2D eigenvalue weighted by Gasteiger charge is -2.08. The molecule has 2 rings (SSSR count). The molecule has 11 nitrogen and oxygen atoms in total. The van der Waals surface area contributed by atoms with Crippen LogP contribution < -0.4 is 10.7 Å². The zero-order valence-electron chi connectivity index (χ0n) is 15.8. The molecule has 0 radical (unpaired) electrons. The Balaban J connectivity index is 2.00. The van der Waals surface area contributed by atoms with Gasteiger partial charge in [0.15, 0.2) is 0 Å². The second kappa shape index (κ2) is 9.56. The first-order chi connectivity index (χ1) is 14.1. The second-order valence-electron chi connectivity index (χ2n) is 6.19. The van der Waals surface area contributed by atoms with Crippen LogP contribution in [0.25, 0.3) is 0 Å². The number of benzene rings is 2. The van der Waals surface area contributed by atoms with Crippen molar-refractivity contribution in [2.45, 2.75) is 20.3 Å². The molecular weight excluding hydrogens is 418 g/mol. The summed E-state index contributed by atoms with van der Waals surface area (Å²) in [4.78, 5) is 44.6. The Bertz CT molecular complexity index is 1070. The van der Waals surface area contributed by atoms with E-state index >= 15 is 0 Å². The number of amides is 2. The van der Waals surface area contributed by atoms with Gasteiger partial charge in [0.2, 0.25) is 5.91 Å². The first-order valence-corrected chi connectivity index (χ1v) is 8.78. The summed E-state index contributed by atoms with van der Waals surface area (Å²) in [5.41, 5.74) is 3.00. The molecule has 2 aromatic carbocycles. The Morgan fingerprint density at radius 3 is 2.40 bits per heavy atom. The van der Waals surface area contributed by atoms with Gasteiger partial charge >= 0.3 is 0 Å². The number of aryl methyl sites for hydroxylation is 1. The molecule has 2 amide bonds. The van der Waals surface area contributed by atoms with Crippen LogP contribution in [-0.4, -0.2) is 27.4 Å². The molecular formula is C18H16ClN5O6. The lowest BCUT2D eigenvalue weighted by Crippen LogP contribution is -2.21. The predicted octanol–water partition coefficient (Wildman–Crippen LogP) is 3.60. The average molecular weight is 434 g/mol. The first kappa shape index (κ1) is 22.4. The third-order valence-electron chi connectivity index (χ3n) is 3.88. The molecule has 0 unspecified atom stereocenters. The molecule has 0 spiro atoms. The highest BCUT2D eigenvalue weighted by molar-refractivity contribution is 6.33. The largest absolute Gasteiger partial charge is 0.325 e. The monoisotopic (exact) mass is 433 g/mol. The van der Waals surface area contributed by atoms with E-state index in [0.717, 1.165) is 12.1 Å². The summed E-state index contributed by atoms with van der Waals surface area (Å²) < 4.78 is 0. The minimum Gasteiger partial charge on any atom is -0.325 e. The SMILES string of the molecule is CC(CC(=O)Nc1cc([N+](=O)[O-])ccc1C)=NNC(=O)c1ccc([N+](=O)[O-])c(Cl)c1. The molecule has 156 valence electrons. The molecule has 0 saturated carbocycles. The van der Waals surface area contributed by atoms with E-state index in [1.807, 2.05) is 0 Å². The number of hydrazone groups is 1. The molecule has 2 aromatic rings. The van der Waals surface area contributed by atoms with Gasteiger partial charge in [-0.25, -0.2) is 5.43 Å². The smallest absolute Gasteiger partial charge is 0.287 e. The van der Waals surface area contributed by atoms with Crippen LogP contribution in [-0.2, 0) is 4.79 Å². The number of nitrogens with zero attached hydrogens (tertiary/aromatic N) is 3. The van der Waals surface area contributed by atoms with Crippen molar-refractivity contribution in [2.24, 2.45) is 5.10 Å². The zero-order valence-corrected chi connectivity index (χ0v) is 16.6. The number of hydrogen-bond acceptors (Lipinski definition) is 7. The molecule has 0 heterocycles. The number of hydrogen-bond donors (Lipinski definition) is 2. The van der Waals surface area contributed by atoms with Gasteiger partial charge in [-0.2, -0.15) is 5.10 Å². The Morgan fingerprint density at radius 1 is 1.10 bits per heavy atom. The molecule has 12 heteroatoms. The molecule has 0 aliphatic carbocycles. The minimum absolute atomic E-state index is 0.0545. The Hall–Kier alpha value is -3.86. The molecule has 0 fully saturated rings. The number of anilines is 1. The summed E-state index contributed by atoms with van der Waals surface area (Å²) in [6.45, 7) is 3.19. The second-order valence-corrected chi connectivity index (χ2v) is 6.60. The van der Waals surface area contributed by atoms with Gasteiger partial charge in [-0.1, -0.05) is 17.7 Å². The quantitative estimate of drug-likeness (QED) is 0.385. The van der Waals surface area contributed by atoms with Crippen LogP contribution in [0.2, 0.25) is 5.02 Å². The summed E-state index contributed by atoms with van der Waals surface area (Å²) in [5.74, 6) is -1.14. The van der Waals surface area contributed by atoms with E-state index in [-0.39, 0.29) is 34.1 Å². The van der Waals surface area contributed by atoms with Gasteiger partial charge in [-0.3, -0.25) is 29.8 Å². The Labute approximate surface area is 175 Å². The zero-order chi connectivity index (χ0) is 22.4. The molecule has 0 atom stereocenters. The van der Waals surface area contributed by atoms with Gasteiger partial charge in [0.1, 0.15) is 5.02 Å². The molecule has 2 N–H and O–H groups in total. The van der Waals surface area contributed by atoms with Crippen molar-refractivity contribution in [1.82, 2.24) is 5.43 Å². The van der Waals surface area contributed by atoms with Crippen molar-refractivity contribution < 1.29 is 19.4 Å². The fourth-order valence-corrected chi connectivity index (χ4v) is 2.58. The highest BCUT2D eigenvalue weighted by atomic mass is 35.5. The first-order valence-electron chi connectivity index (χ1n) is 8.41. The molecule has 30 heavy (non-hydrogen) atoms. The number of carbonyl (C=O) groups is 2. The number of nitro groups is 2. The third-order valence-corrected chi connectivity index (χ3v) is 4.18. The van der Waals surface area contributed by atoms with E-state index in [4.69, 9.17) is 11.6 Å². The number of rotatable bonds is 7. The van der Waals surface area contributed by atoms with E-state index in [1.165, 1.54) is 31.2 Å². The number of nitrogens with one attached hydrogen (secondary N) is 2. The maximum absolute atomic E-state index is 12.2. The maximum Gasteiger partial charge on any atom is 0.287 e. The molecule has 0 aromatic heterocycles. The van der Waals surface area contributed by atoms with Crippen molar-refractivity contribution in [2.75, 3.05) is 5.32 Å². The van der Waals surface area contributed by atoms with Crippen molar-refractivity contribution in [3.8, 4) is 0 Å². The fraction of sp³-hybridized carbons (Fsp3) is 0.167.